The highest BCUT2D eigenvalue weighted by Gasteiger charge is 2.45. The van der Waals surface area contributed by atoms with E-state index in [1.807, 2.05) is 0 Å². The van der Waals surface area contributed by atoms with Gasteiger partial charge in [0.05, 0.1) is 38.2 Å². The van der Waals surface area contributed by atoms with E-state index in [-0.39, 0.29) is 19.8 Å². The van der Waals surface area contributed by atoms with Crippen LogP contribution in [0.2, 0.25) is 0 Å². The number of nitrogens with one attached hydrogen (secondary N) is 5. The van der Waals surface area contributed by atoms with Crippen LogP contribution in [0.25, 0.3) is 0 Å². The Morgan fingerprint density at radius 1 is 0.770 bits per heavy atom. The molecule has 334 valence electrons. The monoisotopic (exact) mass is 857 g/mol. The van der Waals surface area contributed by atoms with E-state index >= 15 is 0 Å². The first-order chi connectivity index (χ1) is 28.5. The number of carboxylic acids is 1. The normalized spacial score (nSPS) is 15.3. The highest BCUT2D eigenvalue weighted by Crippen LogP contribution is 2.41. The van der Waals surface area contributed by atoms with Crippen molar-refractivity contribution >= 4 is 59.4 Å². The summed E-state index contributed by atoms with van der Waals surface area (Å²) in [5, 5.41) is 21.3. The molecule has 2 atom stereocenters. The molecule has 2 aliphatic rings. The Morgan fingerprint density at radius 3 is 1.87 bits per heavy atom. The van der Waals surface area contributed by atoms with E-state index in [0.717, 1.165) is 23.5 Å². The van der Waals surface area contributed by atoms with Crippen LogP contribution in [-0.2, 0) is 63.8 Å². The van der Waals surface area contributed by atoms with Gasteiger partial charge in [0.1, 0.15) is 36.6 Å². The molecule has 61 heavy (non-hydrogen) atoms. The minimum atomic E-state index is -1.75. The molecule has 6 N–H and O–H groups in total. The maximum atomic E-state index is 13.5. The molecule has 0 spiro atoms. The van der Waals surface area contributed by atoms with Crippen molar-refractivity contribution in [2.75, 3.05) is 46.1 Å². The summed E-state index contributed by atoms with van der Waals surface area (Å²) in [5.41, 5.74) is -2.30. The van der Waals surface area contributed by atoms with Crippen molar-refractivity contribution in [2.24, 2.45) is 5.41 Å². The molecule has 1 heterocycles. The largest absolute Gasteiger partial charge is 0.481 e. The van der Waals surface area contributed by atoms with E-state index in [9.17, 15) is 53.1 Å². The molecule has 0 bridgehead atoms. The number of amides is 8. The van der Waals surface area contributed by atoms with Gasteiger partial charge in [-0.25, -0.2) is 4.79 Å². The number of imide groups is 1. The molecule has 21 nitrogen and oxygen atoms in total. The molecule has 1 aliphatic heterocycles. The Kier molecular flexibility index (Phi) is 17.5. The van der Waals surface area contributed by atoms with E-state index in [2.05, 4.69) is 26.6 Å². The predicted octanol–water partition coefficient (Wildman–Crippen LogP) is -0.720. The molecular weight excluding hydrogens is 802 g/mol. The average Bonchev–Trinajstić information content (AvgIpc) is 3.47. The summed E-state index contributed by atoms with van der Waals surface area (Å²) in [6.07, 6.45) is 2.48. The summed E-state index contributed by atoms with van der Waals surface area (Å²) < 4.78 is 16.0. The Hall–Kier alpha value is -6.38. The van der Waals surface area contributed by atoms with Crippen molar-refractivity contribution in [3.8, 4) is 0 Å². The van der Waals surface area contributed by atoms with Crippen LogP contribution >= 0.6 is 0 Å². The lowest BCUT2D eigenvalue weighted by Gasteiger charge is -2.37. The number of aliphatic carboxylic acids is 1. The molecule has 21 heteroatoms. The summed E-state index contributed by atoms with van der Waals surface area (Å²) in [6, 6.07) is 5.67. The number of rotatable bonds is 21. The standard InChI is InChI=1S/C40H55N7O14/c1-38(2,3)60-33(53)22-46(37(58)61-39(4,5)6)21-27(47-31(51)13-14-32(47)52)35(55)43-18-28(48)41-20-30(50)45-26(17-25-11-8-7-9-12-25)34(54)42-19-29(49)44-24-59-23-40(36(56)57)15-10-16-40/h7-9,11-14,26-27H,10,15-24H2,1-6H3,(H,41,48)(H,42,54)(H,43,55)(H,44,49)(H,45,50)(H,56,57)/t26-,27-/m0/s1. The number of carbonyl (C=O) groups excluding carboxylic acids is 9. The summed E-state index contributed by atoms with van der Waals surface area (Å²) >= 11 is 0. The number of hydrogen-bond donors (Lipinski definition) is 6. The molecule has 1 aromatic carbocycles. The minimum Gasteiger partial charge on any atom is -0.481 e. The van der Waals surface area contributed by atoms with Gasteiger partial charge in [0.15, 0.2) is 0 Å². The van der Waals surface area contributed by atoms with Crippen molar-refractivity contribution in [3.63, 3.8) is 0 Å². The van der Waals surface area contributed by atoms with Crippen LogP contribution in [0.15, 0.2) is 42.5 Å². The summed E-state index contributed by atoms with van der Waals surface area (Å²) in [7, 11) is 0. The quantitative estimate of drug-likeness (QED) is 0.0385. The number of carbonyl (C=O) groups is 10. The van der Waals surface area contributed by atoms with Gasteiger partial charge in [-0.15, -0.1) is 0 Å². The topological polar surface area (TPSA) is 285 Å². The van der Waals surface area contributed by atoms with Gasteiger partial charge >= 0.3 is 18.0 Å². The van der Waals surface area contributed by atoms with Gasteiger partial charge in [-0.05, 0) is 59.9 Å². The second-order valence-electron chi connectivity index (χ2n) is 16.4. The molecule has 0 unspecified atom stereocenters. The van der Waals surface area contributed by atoms with Crippen molar-refractivity contribution in [1.29, 1.82) is 0 Å². The smallest absolute Gasteiger partial charge is 0.410 e. The highest BCUT2D eigenvalue weighted by molar-refractivity contribution is 6.15. The molecule has 1 fully saturated rings. The molecule has 0 aromatic heterocycles. The molecule has 0 radical (unpaired) electrons. The predicted molar refractivity (Wildman–Crippen MR) is 212 cm³/mol. The molecule has 0 saturated heterocycles. The second kappa shape index (κ2) is 21.7. The fraction of sp³-hybridized carbons (Fsp3) is 0.550. The second-order valence-corrected chi connectivity index (χ2v) is 16.4. The van der Waals surface area contributed by atoms with Crippen LogP contribution in [0, 0.1) is 5.41 Å². The maximum absolute atomic E-state index is 13.5. The van der Waals surface area contributed by atoms with E-state index in [4.69, 9.17) is 14.2 Å². The molecule has 8 amide bonds. The average molecular weight is 858 g/mol. The van der Waals surface area contributed by atoms with Crippen molar-refractivity contribution in [3.05, 3.63) is 48.0 Å². The van der Waals surface area contributed by atoms with Crippen LogP contribution in [0.3, 0.4) is 0 Å². The SMILES string of the molecule is CC(C)(C)OC(=O)CN(C[C@@H](C(=O)NCC(=O)NCC(=O)N[C@@H](Cc1ccccc1)C(=O)NCC(=O)NCOCC1(C(=O)O)CCC1)N1C(=O)C=CC1=O)C(=O)OC(C)(C)C. The fourth-order valence-corrected chi connectivity index (χ4v) is 5.85. The summed E-state index contributed by atoms with van der Waals surface area (Å²) in [6.45, 7) is 5.75. The van der Waals surface area contributed by atoms with E-state index in [1.54, 1.807) is 71.9 Å². The molecule has 1 aromatic rings. The lowest BCUT2D eigenvalue weighted by Crippen LogP contribution is -2.57. The van der Waals surface area contributed by atoms with Crippen LogP contribution < -0.4 is 26.6 Å². The Balaban J connectivity index is 1.60. The highest BCUT2D eigenvalue weighted by atomic mass is 16.6. The number of ether oxygens (including phenoxy) is 3. The van der Waals surface area contributed by atoms with Gasteiger partial charge in [-0.1, -0.05) is 36.8 Å². The first kappa shape index (κ1) is 49.0. The van der Waals surface area contributed by atoms with E-state index < -0.39 is 121 Å². The molecular formula is C40H55N7O14. The van der Waals surface area contributed by atoms with E-state index in [1.165, 1.54) is 0 Å². The third-order valence-corrected chi connectivity index (χ3v) is 8.98. The first-order valence-corrected chi connectivity index (χ1v) is 19.5. The third-order valence-electron chi connectivity index (χ3n) is 8.98. The van der Waals surface area contributed by atoms with Crippen LogP contribution in [-0.4, -0.2) is 144 Å². The Labute approximate surface area is 352 Å². The number of benzene rings is 1. The van der Waals surface area contributed by atoms with Crippen molar-refractivity contribution in [1.82, 2.24) is 36.4 Å². The zero-order valence-electron chi connectivity index (χ0n) is 35.1. The summed E-state index contributed by atoms with van der Waals surface area (Å²) in [5.74, 6) is -7.78. The fourth-order valence-electron chi connectivity index (χ4n) is 5.85. The van der Waals surface area contributed by atoms with Crippen LogP contribution in [0.4, 0.5) is 4.79 Å². The van der Waals surface area contributed by atoms with Gasteiger partial charge in [-0.3, -0.25) is 53.0 Å². The Morgan fingerprint density at radius 2 is 1.33 bits per heavy atom. The maximum Gasteiger partial charge on any atom is 0.410 e. The molecule has 1 aliphatic carbocycles. The molecule has 3 rings (SSSR count). The third kappa shape index (κ3) is 16.3. The van der Waals surface area contributed by atoms with Gasteiger partial charge in [0.2, 0.25) is 29.5 Å². The Bertz CT molecular complexity index is 1830. The van der Waals surface area contributed by atoms with Crippen LogP contribution in [0.5, 0.6) is 0 Å². The lowest BCUT2D eigenvalue weighted by atomic mass is 9.69. The summed E-state index contributed by atoms with van der Waals surface area (Å²) in [4.78, 5) is 129. The zero-order valence-corrected chi connectivity index (χ0v) is 35.1. The van der Waals surface area contributed by atoms with Crippen LogP contribution in [0.1, 0.15) is 66.4 Å². The number of carboxylic acid groups (broad SMARTS) is 1. The van der Waals surface area contributed by atoms with Gasteiger partial charge in [-0.2, -0.15) is 0 Å². The lowest BCUT2D eigenvalue weighted by molar-refractivity contribution is -0.160. The van der Waals surface area contributed by atoms with E-state index in [0.29, 0.717) is 23.3 Å². The minimum absolute atomic E-state index is 0.00282. The van der Waals surface area contributed by atoms with Crippen molar-refractivity contribution < 1.29 is 67.3 Å². The first-order valence-electron chi connectivity index (χ1n) is 19.5. The van der Waals surface area contributed by atoms with Crippen molar-refractivity contribution in [2.45, 2.75) is 90.5 Å². The zero-order chi connectivity index (χ0) is 45.5. The molecule has 1 saturated carbocycles. The van der Waals surface area contributed by atoms with Gasteiger partial charge in [0, 0.05) is 18.6 Å². The van der Waals surface area contributed by atoms with Gasteiger partial charge < -0.3 is 45.9 Å². The number of esters is 1. The number of hydrogen-bond acceptors (Lipinski definition) is 13. The number of nitrogens with zero attached hydrogens (tertiary/aromatic N) is 2. The van der Waals surface area contributed by atoms with Gasteiger partial charge in [0.25, 0.3) is 11.8 Å².